The molecule has 0 fully saturated rings. The van der Waals surface area contributed by atoms with Crippen molar-refractivity contribution in [3.63, 3.8) is 0 Å². The van der Waals surface area contributed by atoms with Gasteiger partial charge in [0.15, 0.2) is 5.11 Å². The van der Waals surface area contributed by atoms with E-state index in [1.165, 1.54) is 11.1 Å². The Kier molecular flexibility index (Phi) is 6.44. The average molecular weight is 344 g/mol. The molecule has 0 aliphatic carbocycles. The zero-order valence-electron chi connectivity index (χ0n) is 14.6. The van der Waals surface area contributed by atoms with E-state index in [4.69, 9.17) is 21.7 Å². The van der Waals surface area contributed by atoms with Crippen LogP contribution in [0.15, 0.2) is 42.5 Å². The molecule has 0 amide bonds. The lowest BCUT2D eigenvalue weighted by Gasteiger charge is -2.22. The second-order valence-electron chi connectivity index (χ2n) is 5.48. The summed E-state index contributed by atoms with van der Waals surface area (Å²) in [4.78, 5) is 0. The van der Waals surface area contributed by atoms with Gasteiger partial charge in [0.05, 0.1) is 25.9 Å². The zero-order chi connectivity index (χ0) is 17.5. The maximum Gasteiger partial charge on any atom is 0.171 e. The van der Waals surface area contributed by atoms with Gasteiger partial charge in [0.1, 0.15) is 11.5 Å². The highest BCUT2D eigenvalue weighted by Gasteiger charge is 2.14. The van der Waals surface area contributed by atoms with Gasteiger partial charge in [0.25, 0.3) is 0 Å². The van der Waals surface area contributed by atoms with E-state index in [0.29, 0.717) is 10.9 Å². The van der Waals surface area contributed by atoms with Gasteiger partial charge in [-0.3, -0.25) is 0 Å². The summed E-state index contributed by atoms with van der Waals surface area (Å²) in [7, 11) is 3.25. The summed E-state index contributed by atoms with van der Waals surface area (Å²) in [5, 5.41) is 7.16. The molecule has 2 rings (SSSR count). The molecule has 0 unspecified atom stereocenters. The predicted octanol–water partition coefficient (Wildman–Crippen LogP) is 4.45. The normalized spacial score (nSPS) is 11.5. The predicted molar refractivity (Wildman–Crippen MR) is 103 cm³/mol. The Labute approximate surface area is 149 Å². The van der Waals surface area contributed by atoms with E-state index in [1.54, 1.807) is 14.2 Å². The smallest absolute Gasteiger partial charge is 0.171 e. The fourth-order valence-corrected chi connectivity index (χ4v) is 2.85. The minimum Gasteiger partial charge on any atom is -0.497 e. The summed E-state index contributed by atoms with van der Waals surface area (Å²) in [5.74, 6) is 1.42. The second-order valence-corrected chi connectivity index (χ2v) is 5.89. The van der Waals surface area contributed by atoms with Crippen LogP contribution < -0.4 is 20.1 Å². The molecule has 0 saturated carbocycles. The number of thiocarbonyl (C=S) groups is 1. The molecule has 128 valence electrons. The van der Waals surface area contributed by atoms with Crippen LogP contribution in [0, 0.1) is 6.92 Å². The maximum atomic E-state index is 5.48. The summed E-state index contributed by atoms with van der Waals surface area (Å²) in [6.45, 7) is 4.25. The van der Waals surface area contributed by atoms with E-state index < -0.39 is 0 Å². The molecule has 2 N–H and O–H groups in total. The van der Waals surface area contributed by atoms with Gasteiger partial charge in [-0.15, -0.1) is 0 Å². The number of benzene rings is 2. The summed E-state index contributed by atoms with van der Waals surface area (Å²) in [6, 6.07) is 14.1. The summed E-state index contributed by atoms with van der Waals surface area (Å²) in [6.07, 6.45) is 0.937. The monoisotopic (exact) mass is 344 g/mol. The molecule has 24 heavy (non-hydrogen) atoms. The molecule has 0 radical (unpaired) electrons. The van der Waals surface area contributed by atoms with Crippen LogP contribution in [0.4, 0.5) is 5.69 Å². The van der Waals surface area contributed by atoms with Crippen molar-refractivity contribution in [1.82, 2.24) is 5.32 Å². The van der Waals surface area contributed by atoms with Gasteiger partial charge in [-0.05, 0) is 48.8 Å². The molecule has 0 bridgehead atoms. The van der Waals surface area contributed by atoms with Crippen LogP contribution in [0.1, 0.15) is 30.5 Å². The van der Waals surface area contributed by atoms with Crippen molar-refractivity contribution in [2.75, 3.05) is 19.5 Å². The molecule has 0 aliphatic rings. The lowest BCUT2D eigenvalue weighted by atomic mass is 10.00. The lowest BCUT2D eigenvalue weighted by molar-refractivity contribution is 0.395. The molecule has 0 saturated heterocycles. The van der Waals surface area contributed by atoms with Crippen LogP contribution in [0.25, 0.3) is 0 Å². The van der Waals surface area contributed by atoms with E-state index in [-0.39, 0.29) is 6.04 Å². The van der Waals surface area contributed by atoms with Gasteiger partial charge in [-0.1, -0.05) is 31.2 Å². The fraction of sp³-hybridized carbons (Fsp3) is 0.316. The van der Waals surface area contributed by atoms with E-state index >= 15 is 0 Å². The highest BCUT2D eigenvalue weighted by atomic mass is 32.1. The highest BCUT2D eigenvalue weighted by molar-refractivity contribution is 7.80. The first-order valence-corrected chi connectivity index (χ1v) is 8.35. The largest absolute Gasteiger partial charge is 0.497 e. The molecule has 5 heteroatoms. The SMILES string of the molecule is CC[C@H](NC(=S)Nc1ccc(OC)cc1OC)c1ccccc1C. The third-order valence-electron chi connectivity index (χ3n) is 3.93. The van der Waals surface area contributed by atoms with Crippen molar-refractivity contribution >= 4 is 23.0 Å². The van der Waals surface area contributed by atoms with Crippen molar-refractivity contribution in [2.24, 2.45) is 0 Å². The van der Waals surface area contributed by atoms with Gasteiger partial charge in [0.2, 0.25) is 0 Å². The number of hydrogen-bond acceptors (Lipinski definition) is 3. The first-order valence-electron chi connectivity index (χ1n) is 7.94. The van der Waals surface area contributed by atoms with E-state index in [1.807, 2.05) is 24.3 Å². The van der Waals surface area contributed by atoms with Crippen molar-refractivity contribution in [1.29, 1.82) is 0 Å². The van der Waals surface area contributed by atoms with Crippen LogP contribution in [0.3, 0.4) is 0 Å². The van der Waals surface area contributed by atoms with E-state index in [2.05, 4.69) is 42.7 Å². The first-order chi connectivity index (χ1) is 11.6. The number of hydrogen-bond donors (Lipinski definition) is 2. The summed E-state index contributed by atoms with van der Waals surface area (Å²) < 4.78 is 10.6. The van der Waals surface area contributed by atoms with Crippen molar-refractivity contribution in [3.8, 4) is 11.5 Å². The van der Waals surface area contributed by atoms with Crippen LogP contribution in [0.2, 0.25) is 0 Å². The summed E-state index contributed by atoms with van der Waals surface area (Å²) >= 11 is 5.48. The standard InChI is InChI=1S/C19H24N2O2S/c1-5-16(15-9-7-6-8-13(15)2)20-19(24)21-17-11-10-14(22-3)12-18(17)23-4/h6-12,16H,5H2,1-4H3,(H2,20,21,24)/t16-/m0/s1. The molecule has 4 nitrogen and oxygen atoms in total. The first kappa shape index (κ1) is 18.1. The van der Waals surface area contributed by atoms with Gasteiger partial charge in [-0.2, -0.15) is 0 Å². The van der Waals surface area contributed by atoms with Crippen LogP contribution >= 0.6 is 12.2 Å². The fourth-order valence-electron chi connectivity index (χ4n) is 2.60. The molecular weight excluding hydrogens is 320 g/mol. The molecule has 2 aromatic carbocycles. The minimum absolute atomic E-state index is 0.162. The van der Waals surface area contributed by atoms with Crippen molar-refractivity contribution in [2.45, 2.75) is 26.3 Å². The Hall–Kier alpha value is -2.27. The van der Waals surface area contributed by atoms with Gasteiger partial charge in [-0.25, -0.2) is 0 Å². The number of aryl methyl sites for hydroxylation is 1. The third-order valence-corrected chi connectivity index (χ3v) is 4.15. The highest BCUT2D eigenvalue weighted by Crippen LogP contribution is 2.29. The van der Waals surface area contributed by atoms with Gasteiger partial charge >= 0.3 is 0 Å². The number of ether oxygens (including phenoxy) is 2. The molecule has 0 heterocycles. The maximum absolute atomic E-state index is 5.48. The Morgan fingerprint density at radius 3 is 2.50 bits per heavy atom. The van der Waals surface area contributed by atoms with Gasteiger partial charge < -0.3 is 20.1 Å². The Morgan fingerprint density at radius 2 is 1.88 bits per heavy atom. The quantitative estimate of drug-likeness (QED) is 0.758. The Bertz CT molecular complexity index is 704. The number of nitrogens with one attached hydrogen (secondary N) is 2. The molecule has 2 aromatic rings. The van der Waals surface area contributed by atoms with Gasteiger partial charge in [0, 0.05) is 6.07 Å². The second kappa shape index (κ2) is 8.55. The Morgan fingerprint density at radius 1 is 1.12 bits per heavy atom. The molecule has 0 aliphatic heterocycles. The number of methoxy groups -OCH3 is 2. The van der Waals surface area contributed by atoms with Crippen LogP contribution in [0.5, 0.6) is 11.5 Å². The molecule has 0 aromatic heterocycles. The lowest BCUT2D eigenvalue weighted by Crippen LogP contribution is -2.32. The third kappa shape index (κ3) is 4.38. The average Bonchev–Trinajstić information content (AvgIpc) is 2.60. The van der Waals surface area contributed by atoms with E-state index in [9.17, 15) is 0 Å². The van der Waals surface area contributed by atoms with Crippen LogP contribution in [-0.4, -0.2) is 19.3 Å². The summed E-state index contributed by atoms with van der Waals surface area (Å²) in [5.41, 5.74) is 3.31. The topological polar surface area (TPSA) is 42.5 Å². The Balaban J connectivity index is 2.11. The van der Waals surface area contributed by atoms with Crippen LogP contribution in [-0.2, 0) is 0 Å². The number of rotatable bonds is 6. The molecule has 1 atom stereocenters. The molecular formula is C19H24N2O2S. The minimum atomic E-state index is 0.162. The van der Waals surface area contributed by atoms with Crippen molar-refractivity contribution in [3.05, 3.63) is 53.6 Å². The number of anilines is 1. The van der Waals surface area contributed by atoms with E-state index in [0.717, 1.165) is 17.9 Å². The van der Waals surface area contributed by atoms with Crippen molar-refractivity contribution < 1.29 is 9.47 Å². The molecule has 0 spiro atoms. The zero-order valence-corrected chi connectivity index (χ0v) is 15.4.